The normalized spacial score (nSPS) is 12.9. The van der Waals surface area contributed by atoms with Gasteiger partial charge in [-0.1, -0.05) is 23.7 Å². The van der Waals surface area contributed by atoms with Gasteiger partial charge < -0.3 is 30.5 Å². The van der Waals surface area contributed by atoms with E-state index in [0.717, 1.165) is 78.0 Å². The Balaban J connectivity index is 0.000000355. The van der Waals surface area contributed by atoms with E-state index in [2.05, 4.69) is 25.6 Å². The second-order valence-corrected chi connectivity index (χ2v) is 8.81. The van der Waals surface area contributed by atoms with Gasteiger partial charge in [0, 0.05) is 35.6 Å². The summed E-state index contributed by atoms with van der Waals surface area (Å²) in [4.78, 5) is 48.8. The van der Waals surface area contributed by atoms with E-state index in [1.807, 2.05) is 24.3 Å². The molecule has 0 radical (unpaired) electrons. The molecule has 0 bridgehead atoms. The van der Waals surface area contributed by atoms with E-state index >= 15 is 0 Å². The number of fused-ring (bicyclic) bond motifs is 1. The predicted molar refractivity (Wildman–Crippen MR) is 139 cm³/mol. The minimum absolute atomic E-state index is 0.742. The molecule has 1 aromatic carbocycles. The van der Waals surface area contributed by atoms with Crippen LogP contribution in [0.25, 0.3) is 21.3 Å². The lowest BCUT2D eigenvalue weighted by Gasteiger charge is -2.26. The van der Waals surface area contributed by atoms with Crippen LogP contribution in [-0.4, -0.2) is 98.6 Å². The van der Waals surface area contributed by atoms with Crippen LogP contribution in [0, 0.1) is 0 Å². The fourth-order valence-corrected chi connectivity index (χ4v) is 4.23. The fraction of sp³-hybridized carbons (Fsp3) is 0.304. The van der Waals surface area contributed by atoms with Crippen molar-refractivity contribution in [2.75, 3.05) is 44.7 Å². The summed E-state index contributed by atoms with van der Waals surface area (Å²) in [7, 11) is 0. The molecular weight excluding hydrogens is 544 g/mol. The van der Waals surface area contributed by atoms with Gasteiger partial charge in [0.05, 0.1) is 18.6 Å². The van der Waals surface area contributed by atoms with E-state index in [4.69, 9.17) is 55.9 Å². The summed E-state index contributed by atoms with van der Waals surface area (Å²) in [5.74, 6) is -6.39. The Morgan fingerprint density at radius 1 is 0.947 bits per heavy atom. The Kier molecular flexibility index (Phi) is 12.3. The van der Waals surface area contributed by atoms with Gasteiger partial charge in [0.15, 0.2) is 0 Å². The third-order valence-electron chi connectivity index (χ3n) is 4.94. The van der Waals surface area contributed by atoms with Gasteiger partial charge >= 0.3 is 23.9 Å². The molecule has 0 amide bonds. The number of ether oxygens (including phenoxy) is 1. The molecule has 3 aromatic rings. The zero-order valence-electron chi connectivity index (χ0n) is 19.9. The van der Waals surface area contributed by atoms with Crippen molar-refractivity contribution in [3.8, 4) is 11.1 Å². The molecule has 1 fully saturated rings. The van der Waals surface area contributed by atoms with Crippen molar-refractivity contribution in [1.82, 2.24) is 14.9 Å². The van der Waals surface area contributed by atoms with Gasteiger partial charge in [-0.05, 0) is 30.7 Å². The first-order valence-corrected chi connectivity index (χ1v) is 12.3. The molecular formula is C23H25ClN4O9S. The molecule has 0 aliphatic carbocycles. The molecule has 0 saturated carbocycles. The average molecular weight is 569 g/mol. The molecule has 0 unspecified atom stereocenters. The number of nitrogens with zero attached hydrogens (tertiary/aromatic N) is 3. The van der Waals surface area contributed by atoms with Crippen molar-refractivity contribution in [1.29, 1.82) is 0 Å². The van der Waals surface area contributed by atoms with E-state index in [1.165, 1.54) is 0 Å². The van der Waals surface area contributed by atoms with E-state index in [-0.39, 0.29) is 0 Å². The Hall–Kier alpha value is -3.85. The zero-order chi connectivity index (χ0) is 28.1. The van der Waals surface area contributed by atoms with Crippen LogP contribution in [0.4, 0.5) is 5.82 Å². The Morgan fingerprint density at radius 3 is 2.08 bits per heavy atom. The molecule has 0 atom stereocenters. The molecule has 5 N–H and O–H groups in total. The standard InChI is InChI=1S/C19H21ClN4OS.2C2H2O4/c20-15-4-2-14(3-5-15)16-12-26-19-17(16)18(22-13-23-19)21-6-1-7-24-8-10-25-11-9-24;2*3-1(4)2(5)6/h2-5,12-13H,1,6-11H2,(H,21,22,23);2*(H,3,4)(H,5,6). The molecule has 3 heterocycles. The number of hydrogen-bond donors (Lipinski definition) is 5. The van der Waals surface area contributed by atoms with Crippen LogP contribution in [0.1, 0.15) is 6.42 Å². The highest BCUT2D eigenvalue weighted by molar-refractivity contribution is 7.17. The van der Waals surface area contributed by atoms with E-state index in [1.54, 1.807) is 17.7 Å². The number of benzene rings is 1. The summed E-state index contributed by atoms with van der Waals surface area (Å²) in [5, 5.41) is 37.0. The first-order valence-electron chi connectivity index (χ1n) is 11.0. The highest BCUT2D eigenvalue weighted by atomic mass is 35.5. The Bertz CT molecular complexity index is 1200. The van der Waals surface area contributed by atoms with Crippen molar-refractivity contribution in [2.45, 2.75) is 6.42 Å². The van der Waals surface area contributed by atoms with E-state index in [0.29, 0.717) is 0 Å². The monoisotopic (exact) mass is 568 g/mol. The fourth-order valence-electron chi connectivity index (χ4n) is 3.19. The number of aliphatic carboxylic acids is 4. The number of hydrogen-bond acceptors (Lipinski definition) is 10. The number of carbonyl (C=O) groups is 4. The van der Waals surface area contributed by atoms with Gasteiger partial charge in [-0.3, -0.25) is 4.90 Å². The molecule has 13 nitrogen and oxygen atoms in total. The summed E-state index contributed by atoms with van der Waals surface area (Å²) in [6, 6.07) is 7.91. The number of nitrogens with one attached hydrogen (secondary N) is 1. The number of halogens is 1. The van der Waals surface area contributed by atoms with Crippen molar-refractivity contribution in [3.63, 3.8) is 0 Å². The van der Waals surface area contributed by atoms with Gasteiger partial charge in [0.25, 0.3) is 0 Å². The topological polar surface area (TPSA) is 199 Å². The lowest BCUT2D eigenvalue weighted by molar-refractivity contribution is -0.159. The molecule has 204 valence electrons. The lowest BCUT2D eigenvalue weighted by atomic mass is 10.1. The summed E-state index contributed by atoms with van der Waals surface area (Å²) in [5.41, 5.74) is 2.28. The van der Waals surface area contributed by atoms with Crippen LogP contribution in [0.5, 0.6) is 0 Å². The third-order valence-corrected chi connectivity index (χ3v) is 6.08. The first-order chi connectivity index (χ1) is 18.1. The number of carboxylic acids is 4. The van der Waals surface area contributed by atoms with Gasteiger partial charge in [0.2, 0.25) is 0 Å². The van der Waals surface area contributed by atoms with Crippen molar-refractivity contribution in [3.05, 3.63) is 41.0 Å². The second kappa shape index (κ2) is 15.4. The van der Waals surface area contributed by atoms with Crippen molar-refractivity contribution in [2.24, 2.45) is 0 Å². The molecule has 1 aliphatic heterocycles. The van der Waals surface area contributed by atoms with E-state index in [9.17, 15) is 0 Å². The minimum atomic E-state index is -1.82. The molecule has 15 heteroatoms. The summed E-state index contributed by atoms with van der Waals surface area (Å²) < 4.78 is 5.40. The van der Waals surface area contributed by atoms with E-state index < -0.39 is 23.9 Å². The molecule has 0 spiro atoms. The molecule has 2 aromatic heterocycles. The molecule has 38 heavy (non-hydrogen) atoms. The van der Waals surface area contributed by atoms with Gasteiger partial charge in [-0.15, -0.1) is 11.3 Å². The summed E-state index contributed by atoms with van der Waals surface area (Å²) in [6.45, 7) is 5.72. The number of thiophene rings is 1. The highest BCUT2D eigenvalue weighted by Crippen LogP contribution is 2.36. The van der Waals surface area contributed by atoms with Gasteiger partial charge in [-0.2, -0.15) is 0 Å². The summed E-state index contributed by atoms with van der Waals surface area (Å²) >= 11 is 7.67. The molecule has 4 rings (SSSR count). The average Bonchev–Trinajstić information content (AvgIpc) is 3.33. The first kappa shape index (κ1) is 30.4. The van der Waals surface area contributed by atoms with Crippen LogP contribution in [0.2, 0.25) is 5.02 Å². The Labute approximate surface area is 225 Å². The van der Waals surface area contributed by atoms with Crippen LogP contribution in [0.15, 0.2) is 36.0 Å². The van der Waals surface area contributed by atoms with Gasteiger partial charge in [0.1, 0.15) is 17.0 Å². The third kappa shape index (κ3) is 9.89. The van der Waals surface area contributed by atoms with Crippen molar-refractivity contribution >= 4 is 62.8 Å². The smallest absolute Gasteiger partial charge is 0.414 e. The van der Waals surface area contributed by atoms with Crippen LogP contribution >= 0.6 is 22.9 Å². The lowest BCUT2D eigenvalue weighted by Crippen LogP contribution is -2.37. The maximum absolute atomic E-state index is 9.10. The SMILES string of the molecule is Clc1ccc(-c2csc3ncnc(NCCCN4CCOCC4)c23)cc1.O=C(O)C(=O)O.O=C(O)C(=O)O. The maximum Gasteiger partial charge on any atom is 0.414 e. The molecule has 1 aliphatic rings. The quantitative estimate of drug-likeness (QED) is 0.215. The maximum atomic E-state index is 9.10. The zero-order valence-corrected chi connectivity index (χ0v) is 21.4. The second-order valence-electron chi connectivity index (χ2n) is 7.51. The van der Waals surface area contributed by atoms with Crippen LogP contribution in [0.3, 0.4) is 0 Å². The molecule has 1 saturated heterocycles. The predicted octanol–water partition coefficient (Wildman–Crippen LogP) is 2.46. The van der Waals surface area contributed by atoms with Gasteiger partial charge in [-0.25, -0.2) is 29.1 Å². The summed E-state index contributed by atoms with van der Waals surface area (Å²) in [6.07, 6.45) is 2.71. The number of carboxylic acid groups (broad SMARTS) is 4. The van der Waals surface area contributed by atoms with Crippen LogP contribution in [-0.2, 0) is 23.9 Å². The number of rotatable bonds is 6. The highest BCUT2D eigenvalue weighted by Gasteiger charge is 2.14. The van der Waals surface area contributed by atoms with Crippen LogP contribution < -0.4 is 5.32 Å². The largest absolute Gasteiger partial charge is 0.473 e. The number of aromatic nitrogens is 2. The number of morpholine rings is 1. The minimum Gasteiger partial charge on any atom is -0.473 e. The Morgan fingerprint density at radius 2 is 1.53 bits per heavy atom. The van der Waals surface area contributed by atoms with Crippen molar-refractivity contribution < 1.29 is 44.3 Å². The number of anilines is 1.